The van der Waals surface area contributed by atoms with Crippen molar-refractivity contribution < 1.29 is 41.6 Å². The summed E-state index contributed by atoms with van der Waals surface area (Å²) in [6.07, 6.45) is 6.80. The van der Waals surface area contributed by atoms with Gasteiger partial charge in [0.2, 0.25) is 5.78 Å². The summed E-state index contributed by atoms with van der Waals surface area (Å²) in [5, 5.41) is 11.9. The summed E-state index contributed by atoms with van der Waals surface area (Å²) in [6, 6.07) is 6.06. The fourth-order valence-electron chi connectivity index (χ4n) is 8.58. The van der Waals surface area contributed by atoms with Crippen LogP contribution in [0, 0.1) is 29.6 Å². The lowest BCUT2D eigenvalue weighted by Crippen LogP contribution is -2.69. The molecule has 0 aliphatic heterocycles. The Labute approximate surface area is 270 Å². The van der Waals surface area contributed by atoms with Gasteiger partial charge in [0.15, 0.2) is 11.4 Å². The van der Waals surface area contributed by atoms with Crippen LogP contribution in [0.2, 0.25) is 0 Å². The molecule has 9 nitrogen and oxygen atoms in total. The van der Waals surface area contributed by atoms with Crippen LogP contribution in [0.5, 0.6) is 0 Å². The first-order valence-electron chi connectivity index (χ1n) is 15.8. The van der Waals surface area contributed by atoms with Crippen molar-refractivity contribution in [1.82, 2.24) is 0 Å². The monoisotopic (exact) mass is 662 g/mol. The van der Waals surface area contributed by atoms with E-state index in [-0.39, 0.29) is 42.0 Å². The van der Waals surface area contributed by atoms with Crippen LogP contribution in [0.3, 0.4) is 0 Å². The van der Waals surface area contributed by atoms with E-state index >= 15 is 0 Å². The Hall–Kier alpha value is -2.53. The zero-order valence-electron chi connectivity index (χ0n) is 26.3. The molecule has 0 aromatic heterocycles. The molecule has 3 fully saturated rings. The number of halogens is 1. The zero-order valence-corrected chi connectivity index (χ0v) is 27.9. The Balaban J connectivity index is 1.48. The molecule has 0 saturated heterocycles. The number of hydrogen-bond donors (Lipinski definition) is 1. The Morgan fingerprint density at radius 3 is 2.49 bits per heavy atom. The van der Waals surface area contributed by atoms with Crippen molar-refractivity contribution in [3.05, 3.63) is 53.6 Å². The molecule has 45 heavy (non-hydrogen) atoms. The van der Waals surface area contributed by atoms with Crippen molar-refractivity contribution in [2.75, 3.05) is 13.2 Å². The van der Waals surface area contributed by atoms with Crippen molar-refractivity contribution in [2.24, 2.45) is 22.7 Å². The van der Waals surface area contributed by atoms with Crippen molar-refractivity contribution in [2.45, 2.75) is 101 Å². The maximum absolute atomic E-state index is 14.3. The van der Waals surface area contributed by atoms with Gasteiger partial charge in [-0.2, -0.15) is 8.42 Å². The first-order chi connectivity index (χ1) is 21.1. The van der Waals surface area contributed by atoms with E-state index in [1.54, 1.807) is 24.3 Å². The predicted octanol–water partition coefficient (Wildman–Crippen LogP) is 5.99. The Kier molecular flexibility index (Phi) is 9.21. The van der Waals surface area contributed by atoms with Crippen molar-refractivity contribution in [3.63, 3.8) is 0 Å². The maximum Gasteiger partial charge on any atom is 0.509 e. The Morgan fingerprint density at radius 2 is 1.80 bits per heavy atom. The van der Waals surface area contributed by atoms with Gasteiger partial charge < -0.3 is 14.6 Å². The molecular formula is C34H43ClO9S. The Morgan fingerprint density at radius 1 is 1.09 bits per heavy atom. The summed E-state index contributed by atoms with van der Waals surface area (Å²) < 4.78 is 42.7. The van der Waals surface area contributed by atoms with Crippen LogP contribution in [0.15, 0.2) is 53.0 Å². The summed E-state index contributed by atoms with van der Waals surface area (Å²) in [4.78, 5) is 38.4. The molecule has 246 valence electrons. The van der Waals surface area contributed by atoms with Crippen molar-refractivity contribution in [1.29, 1.82) is 0 Å². The molecule has 11 heteroatoms. The van der Waals surface area contributed by atoms with E-state index in [1.807, 2.05) is 27.7 Å². The van der Waals surface area contributed by atoms with Crippen molar-refractivity contribution in [3.8, 4) is 0 Å². The number of carbonyl (C=O) groups excluding carboxylic acids is 3. The van der Waals surface area contributed by atoms with E-state index in [1.165, 1.54) is 18.2 Å². The SMILES string of the molecule is CCCCCOC(=O)O[C@]1(C(=O)COS(=O)(=O)c2ccc(C)cc2)CC[C@H]2[C@@H]3CCC4=CC(=O)C=C[C@]4(C)[C@@]3(Cl)C(O)C[C@@]21C. The summed E-state index contributed by atoms with van der Waals surface area (Å²) >= 11 is 7.52. The quantitative estimate of drug-likeness (QED) is 0.139. The molecule has 0 spiro atoms. The number of Topliss-reactive ketones (excluding diaryl/α,β-unsaturated/α-hetero) is 1. The second-order valence-electron chi connectivity index (χ2n) is 13.5. The highest BCUT2D eigenvalue weighted by molar-refractivity contribution is 7.86. The number of aliphatic hydroxyl groups is 1. The van der Waals surface area contributed by atoms with Crippen LogP contribution in [0.1, 0.15) is 77.7 Å². The third kappa shape index (κ3) is 5.49. The van der Waals surface area contributed by atoms with E-state index < -0.39 is 56.1 Å². The number of carbonyl (C=O) groups is 3. The predicted molar refractivity (Wildman–Crippen MR) is 167 cm³/mol. The van der Waals surface area contributed by atoms with Gasteiger partial charge in [-0.05, 0) is 81.6 Å². The van der Waals surface area contributed by atoms with Crippen LogP contribution in [0.25, 0.3) is 0 Å². The van der Waals surface area contributed by atoms with E-state index in [4.69, 9.17) is 25.3 Å². The number of alkyl halides is 1. The molecule has 5 rings (SSSR count). The second-order valence-corrected chi connectivity index (χ2v) is 15.7. The highest BCUT2D eigenvalue weighted by atomic mass is 35.5. The highest BCUT2D eigenvalue weighted by Crippen LogP contribution is 2.71. The van der Waals surface area contributed by atoms with Crippen LogP contribution in [-0.4, -0.2) is 61.0 Å². The first kappa shape index (κ1) is 33.8. The van der Waals surface area contributed by atoms with Gasteiger partial charge >= 0.3 is 6.16 Å². The molecule has 0 amide bonds. The normalized spacial score (nSPS) is 35.6. The molecule has 0 bridgehead atoms. The molecule has 3 saturated carbocycles. The maximum atomic E-state index is 14.3. The number of rotatable bonds is 10. The molecule has 7 atom stereocenters. The largest absolute Gasteiger partial charge is 0.509 e. The molecular weight excluding hydrogens is 620 g/mol. The molecule has 4 aliphatic rings. The van der Waals surface area contributed by atoms with Gasteiger partial charge in [-0.15, -0.1) is 11.6 Å². The number of ether oxygens (including phenoxy) is 2. The van der Waals surface area contributed by atoms with Gasteiger partial charge in [0.05, 0.1) is 22.5 Å². The number of fused-ring (bicyclic) bond motifs is 5. The fraction of sp³-hybridized carbons (Fsp3) is 0.618. The van der Waals surface area contributed by atoms with Gasteiger partial charge in [-0.3, -0.25) is 13.8 Å². The lowest BCUT2D eigenvalue weighted by molar-refractivity contribution is -0.178. The van der Waals surface area contributed by atoms with Crippen LogP contribution in [0.4, 0.5) is 4.79 Å². The van der Waals surface area contributed by atoms with E-state index in [2.05, 4.69) is 0 Å². The number of allylic oxidation sites excluding steroid dienone is 4. The lowest BCUT2D eigenvalue weighted by Gasteiger charge is -2.64. The zero-order chi connectivity index (χ0) is 32.8. The number of aliphatic hydroxyl groups excluding tert-OH is 1. The summed E-state index contributed by atoms with van der Waals surface area (Å²) in [5.74, 6) is -1.40. The average Bonchev–Trinajstić information content (AvgIpc) is 3.27. The molecule has 0 heterocycles. The minimum atomic E-state index is -4.30. The third-order valence-electron chi connectivity index (χ3n) is 11.1. The fourth-order valence-corrected chi connectivity index (χ4v) is 9.97. The van der Waals surface area contributed by atoms with E-state index in [9.17, 15) is 27.9 Å². The topological polar surface area (TPSA) is 133 Å². The second kappa shape index (κ2) is 12.2. The lowest BCUT2D eigenvalue weighted by atomic mass is 9.45. The smallest absolute Gasteiger partial charge is 0.434 e. The highest BCUT2D eigenvalue weighted by Gasteiger charge is 2.74. The summed E-state index contributed by atoms with van der Waals surface area (Å²) in [7, 11) is -4.30. The van der Waals surface area contributed by atoms with Crippen molar-refractivity contribution >= 4 is 39.4 Å². The van der Waals surface area contributed by atoms with E-state index in [0.29, 0.717) is 25.7 Å². The number of aryl methyl sites for hydroxylation is 1. The number of ketones is 2. The number of hydrogen-bond acceptors (Lipinski definition) is 9. The van der Waals surface area contributed by atoms with Gasteiger partial charge in [-0.25, -0.2) is 4.79 Å². The van der Waals surface area contributed by atoms with Crippen LogP contribution < -0.4 is 0 Å². The number of unbranched alkanes of at least 4 members (excludes halogenated alkanes) is 2. The summed E-state index contributed by atoms with van der Waals surface area (Å²) in [6.45, 7) is 6.85. The number of benzene rings is 1. The average molecular weight is 663 g/mol. The van der Waals surface area contributed by atoms with Crippen LogP contribution >= 0.6 is 11.6 Å². The molecule has 4 aliphatic carbocycles. The Bertz CT molecular complexity index is 1520. The van der Waals surface area contributed by atoms with Gasteiger partial charge in [0, 0.05) is 10.8 Å². The van der Waals surface area contributed by atoms with Crippen LogP contribution in [-0.2, 0) is 33.4 Å². The minimum Gasteiger partial charge on any atom is -0.434 e. The third-order valence-corrected chi connectivity index (χ3v) is 13.3. The standard InChI is InChI=1S/C34H43ClO9S/c1-5-6-7-18-42-30(39)44-33(29(38)21-43-45(40,41)25-11-8-22(2)9-12-25)17-15-26-27-13-10-23-19-24(36)14-16-31(23,3)34(27,35)28(37)20-32(26,33)4/h8-9,11-12,14,16,19,26-28,37H,5-7,10,13,15,17-18,20-21H2,1-4H3/t26-,27-,28?,31-,32-,33-,34-/m0/s1. The van der Waals surface area contributed by atoms with Gasteiger partial charge in [0.1, 0.15) is 6.61 Å². The first-order valence-corrected chi connectivity index (χ1v) is 17.6. The van der Waals surface area contributed by atoms with E-state index in [0.717, 1.165) is 24.0 Å². The molecule has 1 N–H and O–H groups in total. The molecule has 0 radical (unpaired) electrons. The minimum absolute atomic E-state index is 0.00187. The summed E-state index contributed by atoms with van der Waals surface area (Å²) in [5.41, 5.74) is -2.01. The van der Waals surface area contributed by atoms with Gasteiger partial charge in [0.25, 0.3) is 10.1 Å². The molecule has 1 aromatic rings. The molecule has 1 aromatic carbocycles. The van der Waals surface area contributed by atoms with Gasteiger partial charge in [-0.1, -0.05) is 63.0 Å². The molecule has 1 unspecified atom stereocenters.